The molecule has 0 aromatic rings. The molecule has 0 aliphatic carbocycles. The largest absolute Gasteiger partial charge is 0.340 e. The highest BCUT2D eigenvalue weighted by Crippen LogP contribution is 2.14. The van der Waals surface area contributed by atoms with E-state index in [1.807, 2.05) is 6.08 Å². The summed E-state index contributed by atoms with van der Waals surface area (Å²) in [6.07, 6.45) is 6.48. The Morgan fingerprint density at radius 3 is 2.50 bits per heavy atom. The molecule has 1 rings (SSSR count). The lowest BCUT2D eigenvalue weighted by Gasteiger charge is -2.34. The van der Waals surface area contributed by atoms with Gasteiger partial charge in [0.25, 0.3) is 0 Å². The zero-order chi connectivity index (χ0) is 11.8. The third-order valence-electron chi connectivity index (χ3n) is 3.10. The van der Waals surface area contributed by atoms with Crippen LogP contribution in [-0.2, 0) is 4.79 Å². The number of nitrogens with zero attached hydrogens (tertiary/aromatic N) is 1. The summed E-state index contributed by atoms with van der Waals surface area (Å²) in [7, 11) is 0. The minimum Gasteiger partial charge on any atom is -0.340 e. The fraction of sp³-hybridized carbons (Fsp3) is 0.769. The van der Waals surface area contributed by atoms with Crippen LogP contribution in [0.25, 0.3) is 0 Å². The van der Waals surface area contributed by atoms with Crippen molar-refractivity contribution in [3.63, 3.8) is 0 Å². The average molecular weight is 297 g/mol. The average Bonchev–Trinajstić information content (AvgIpc) is 2.34. The van der Waals surface area contributed by atoms with Crippen LogP contribution in [0.3, 0.4) is 0 Å². The van der Waals surface area contributed by atoms with Crippen molar-refractivity contribution in [2.45, 2.75) is 45.1 Å². The first kappa shape index (κ1) is 20.1. The van der Waals surface area contributed by atoms with Crippen molar-refractivity contribution >= 4 is 30.7 Å². The summed E-state index contributed by atoms with van der Waals surface area (Å²) in [5, 5.41) is 3.34. The number of piperidine rings is 1. The molecule has 1 saturated heterocycles. The van der Waals surface area contributed by atoms with Crippen molar-refractivity contribution in [1.29, 1.82) is 0 Å². The van der Waals surface area contributed by atoms with Crippen molar-refractivity contribution in [3.8, 4) is 0 Å². The van der Waals surface area contributed by atoms with Gasteiger partial charge < -0.3 is 10.2 Å². The molecular weight excluding hydrogens is 271 g/mol. The first-order valence-corrected chi connectivity index (χ1v) is 6.40. The van der Waals surface area contributed by atoms with E-state index in [-0.39, 0.29) is 24.8 Å². The van der Waals surface area contributed by atoms with Crippen molar-refractivity contribution in [2.24, 2.45) is 0 Å². The van der Waals surface area contributed by atoms with Crippen LogP contribution in [-0.4, -0.2) is 36.5 Å². The Kier molecular flexibility index (Phi) is 13.2. The van der Waals surface area contributed by atoms with Gasteiger partial charge in [-0.3, -0.25) is 4.79 Å². The summed E-state index contributed by atoms with van der Waals surface area (Å²) < 4.78 is 0. The van der Waals surface area contributed by atoms with Gasteiger partial charge in [0.2, 0.25) is 5.91 Å². The smallest absolute Gasteiger partial charge is 0.223 e. The molecule has 108 valence electrons. The summed E-state index contributed by atoms with van der Waals surface area (Å²) in [4.78, 5) is 14.1. The monoisotopic (exact) mass is 296 g/mol. The molecule has 1 heterocycles. The van der Waals surface area contributed by atoms with Crippen LogP contribution in [0, 0.1) is 0 Å². The Hall–Kier alpha value is -0.250. The molecule has 1 aliphatic rings. The maximum Gasteiger partial charge on any atom is 0.223 e. The molecule has 3 nitrogen and oxygen atoms in total. The lowest BCUT2D eigenvalue weighted by Crippen LogP contribution is -2.46. The normalized spacial score (nSPS) is 15.2. The Labute approximate surface area is 123 Å². The van der Waals surface area contributed by atoms with Gasteiger partial charge in [-0.25, -0.2) is 0 Å². The van der Waals surface area contributed by atoms with Gasteiger partial charge in [0, 0.05) is 19.0 Å². The van der Waals surface area contributed by atoms with Crippen LogP contribution in [0.4, 0.5) is 0 Å². The standard InChI is InChI=1S/C13H24N2O.2ClH/c1-3-5-6-13(16)15(11-4-2)12-7-9-14-10-8-12;;/h3,12,14H,1,4-11H2,2H3;2*1H. The highest BCUT2D eigenvalue weighted by atomic mass is 35.5. The number of halogens is 2. The second-order valence-corrected chi connectivity index (χ2v) is 4.40. The zero-order valence-corrected chi connectivity index (χ0v) is 12.8. The molecule has 1 amide bonds. The second kappa shape index (κ2) is 11.8. The predicted octanol–water partition coefficient (Wildman–Crippen LogP) is 2.79. The Balaban J connectivity index is 0. The molecule has 1 aliphatic heterocycles. The van der Waals surface area contributed by atoms with Crippen molar-refractivity contribution in [1.82, 2.24) is 10.2 Å². The lowest BCUT2D eigenvalue weighted by molar-refractivity contribution is -0.134. The van der Waals surface area contributed by atoms with Gasteiger partial charge in [0.15, 0.2) is 0 Å². The Bertz CT molecular complexity index is 231. The van der Waals surface area contributed by atoms with Gasteiger partial charge in [-0.15, -0.1) is 31.4 Å². The SMILES string of the molecule is C=CCCC(=O)N(CCC)C1CCNCC1.Cl.Cl. The van der Waals surface area contributed by atoms with Crippen LogP contribution in [0.5, 0.6) is 0 Å². The molecule has 0 radical (unpaired) electrons. The van der Waals surface area contributed by atoms with Crippen LogP contribution < -0.4 is 5.32 Å². The van der Waals surface area contributed by atoms with Crippen LogP contribution in [0.1, 0.15) is 39.0 Å². The summed E-state index contributed by atoms with van der Waals surface area (Å²) in [5.41, 5.74) is 0. The van der Waals surface area contributed by atoms with E-state index in [1.54, 1.807) is 0 Å². The quantitative estimate of drug-likeness (QED) is 0.765. The lowest BCUT2D eigenvalue weighted by atomic mass is 10.0. The van der Waals surface area contributed by atoms with E-state index in [0.29, 0.717) is 18.4 Å². The van der Waals surface area contributed by atoms with E-state index < -0.39 is 0 Å². The molecule has 1 N–H and O–H groups in total. The molecule has 0 aromatic carbocycles. The number of hydrogen-bond donors (Lipinski definition) is 1. The van der Waals surface area contributed by atoms with Gasteiger partial charge in [-0.1, -0.05) is 13.0 Å². The van der Waals surface area contributed by atoms with Crippen LogP contribution >= 0.6 is 24.8 Å². The molecule has 0 bridgehead atoms. The maximum atomic E-state index is 12.0. The molecule has 0 spiro atoms. The van der Waals surface area contributed by atoms with Gasteiger partial charge in [-0.2, -0.15) is 0 Å². The third-order valence-corrected chi connectivity index (χ3v) is 3.10. The summed E-state index contributed by atoms with van der Waals surface area (Å²) in [6, 6.07) is 0.457. The minimum absolute atomic E-state index is 0. The van der Waals surface area contributed by atoms with Crippen molar-refractivity contribution in [3.05, 3.63) is 12.7 Å². The number of amides is 1. The highest BCUT2D eigenvalue weighted by Gasteiger charge is 2.23. The highest BCUT2D eigenvalue weighted by molar-refractivity contribution is 5.85. The first-order valence-electron chi connectivity index (χ1n) is 6.40. The number of carbonyl (C=O) groups excluding carboxylic acids is 1. The van der Waals surface area contributed by atoms with Gasteiger partial charge >= 0.3 is 0 Å². The van der Waals surface area contributed by atoms with Crippen LogP contribution in [0.2, 0.25) is 0 Å². The van der Waals surface area contributed by atoms with E-state index in [9.17, 15) is 4.79 Å². The summed E-state index contributed by atoms with van der Waals surface area (Å²) >= 11 is 0. The molecule has 0 aromatic heterocycles. The number of rotatable bonds is 6. The molecule has 18 heavy (non-hydrogen) atoms. The maximum absolute atomic E-state index is 12.0. The van der Waals surface area contributed by atoms with Gasteiger partial charge in [0.1, 0.15) is 0 Å². The minimum atomic E-state index is 0. The van der Waals surface area contributed by atoms with Crippen LogP contribution in [0.15, 0.2) is 12.7 Å². The number of allylic oxidation sites excluding steroid dienone is 1. The fourth-order valence-electron chi connectivity index (χ4n) is 2.24. The summed E-state index contributed by atoms with van der Waals surface area (Å²) in [6.45, 7) is 8.79. The van der Waals surface area contributed by atoms with Crippen molar-refractivity contribution < 1.29 is 4.79 Å². The third kappa shape index (κ3) is 6.62. The van der Waals surface area contributed by atoms with E-state index in [0.717, 1.165) is 45.3 Å². The van der Waals surface area contributed by atoms with Gasteiger partial charge in [0.05, 0.1) is 0 Å². The Morgan fingerprint density at radius 2 is 2.00 bits per heavy atom. The van der Waals surface area contributed by atoms with Crippen molar-refractivity contribution in [2.75, 3.05) is 19.6 Å². The topological polar surface area (TPSA) is 32.3 Å². The van der Waals surface area contributed by atoms with E-state index in [4.69, 9.17) is 0 Å². The van der Waals surface area contributed by atoms with E-state index in [1.165, 1.54) is 0 Å². The number of hydrogen-bond acceptors (Lipinski definition) is 2. The van der Waals surface area contributed by atoms with E-state index in [2.05, 4.69) is 23.7 Å². The predicted molar refractivity (Wildman–Crippen MR) is 81.8 cm³/mol. The number of carbonyl (C=O) groups is 1. The number of nitrogens with one attached hydrogen (secondary N) is 1. The van der Waals surface area contributed by atoms with Gasteiger partial charge in [-0.05, 0) is 38.8 Å². The molecular formula is C13H26Cl2N2O. The molecule has 0 unspecified atom stereocenters. The molecule has 0 atom stereocenters. The first-order chi connectivity index (χ1) is 7.79. The fourth-order valence-corrected chi connectivity index (χ4v) is 2.24. The molecule has 5 heteroatoms. The summed E-state index contributed by atoms with van der Waals surface area (Å²) in [5.74, 6) is 0.300. The molecule has 1 fully saturated rings. The second-order valence-electron chi connectivity index (χ2n) is 4.40. The van der Waals surface area contributed by atoms with E-state index >= 15 is 0 Å². The Morgan fingerprint density at radius 1 is 1.39 bits per heavy atom. The molecule has 0 saturated carbocycles. The zero-order valence-electron chi connectivity index (χ0n) is 11.2.